The molecule has 2 saturated heterocycles. The van der Waals surface area contributed by atoms with Crippen molar-refractivity contribution in [2.45, 2.75) is 126 Å². The first kappa shape index (κ1) is 54.0. The molecular weight excluding hydrogens is 907 g/mol. The van der Waals surface area contributed by atoms with Crippen LogP contribution in [0.3, 0.4) is 0 Å². The number of rotatable bonds is 26. The molecule has 2 aliphatic heterocycles. The minimum Gasteiger partial charge on any atom is -0.481 e. The highest BCUT2D eigenvalue weighted by atomic mass is 32.2. The van der Waals surface area contributed by atoms with Crippen molar-refractivity contribution in [3.05, 3.63) is 54.1 Å². The number of carboxylic acid groups (broad SMARTS) is 2. The number of thioether (sulfide) groups is 1. The first-order chi connectivity index (χ1) is 32.3. The molecule has 0 unspecified atom stereocenters. The lowest BCUT2D eigenvalue weighted by molar-refractivity contribution is -0.146. The number of nitrogens with one attached hydrogen (secondary N) is 6. The molecule has 1 aromatic heterocycles. The molecule has 0 bridgehead atoms. The summed E-state index contributed by atoms with van der Waals surface area (Å²) in [5, 5.41) is 32.3. The Morgan fingerprint density at radius 2 is 1.31 bits per heavy atom. The van der Waals surface area contributed by atoms with Crippen molar-refractivity contribution in [1.29, 1.82) is 0 Å². The number of hydrogen-bond acceptors (Lipinski definition) is 13. The molecule has 2 aromatic rings. The molecule has 12 N–H and O–H groups in total. The molecule has 8 amide bonds. The van der Waals surface area contributed by atoms with Crippen molar-refractivity contribution in [3.63, 3.8) is 0 Å². The maximum Gasteiger partial charge on any atom is 0.326 e. The van der Waals surface area contributed by atoms with Gasteiger partial charge >= 0.3 is 11.9 Å². The van der Waals surface area contributed by atoms with Gasteiger partial charge in [0.2, 0.25) is 47.3 Å². The van der Waals surface area contributed by atoms with E-state index in [1.54, 1.807) is 36.6 Å². The lowest BCUT2D eigenvalue weighted by Crippen LogP contribution is -2.60. The van der Waals surface area contributed by atoms with Crippen molar-refractivity contribution >= 4 is 71.0 Å². The van der Waals surface area contributed by atoms with Crippen molar-refractivity contribution in [2.75, 3.05) is 25.1 Å². The maximum atomic E-state index is 14.1. The summed E-state index contributed by atoms with van der Waals surface area (Å²) in [6, 6.07) is -1.92. The van der Waals surface area contributed by atoms with Gasteiger partial charge < -0.3 is 63.0 Å². The number of carboxylic acids is 2. The summed E-state index contributed by atoms with van der Waals surface area (Å²) < 4.78 is 0. The number of imidazole rings is 1. The molecule has 0 aliphatic carbocycles. The summed E-state index contributed by atoms with van der Waals surface area (Å²) in [4.78, 5) is 142. The van der Waals surface area contributed by atoms with E-state index in [2.05, 4.69) is 36.6 Å². The Morgan fingerprint density at radius 3 is 1.84 bits per heavy atom. The molecule has 4 rings (SSSR count). The maximum absolute atomic E-state index is 14.1. The van der Waals surface area contributed by atoms with Crippen LogP contribution < -0.4 is 38.1 Å². The number of aliphatic carboxylic acids is 2. The highest BCUT2D eigenvalue weighted by Crippen LogP contribution is 2.23. The zero-order valence-electron chi connectivity index (χ0n) is 38.3. The topological polar surface area (TPSA) is 359 Å². The number of amides is 8. The van der Waals surface area contributed by atoms with Gasteiger partial charge in [0.15, 0.2) is 0 Å². The first-order valence-corrected chi connectivity index (χ1v) is 23.8. The van der Waals surface area contributed by atoms with Crippen LogP contribution in [0, 0.1) is 5.92 Å². The first-order valence-electron chi connectivity index (χ1n) is 22.4. The van der Waals surface area contributed by atoms with E-state index >= 15 is 0 Å². The lowest BCUT2D eigenvalue weighted by atomic mass is 10.0. The molecule has 23 nitrogen and oxygen atoms in total. The Morgan fingerprint density at radius 1 is 0.750 bits per heavy atom. The highest BCUT2D eigenvalue weighted by Gasteiger charge is 2.42. The van der Waals surface area contributed by atoms with Gasteiger partial charge in [-0.2, -0.15) is 11.8 Å². The Balaban J connectivity index is 1.46. The number of aromatic amines is 1. The number of H-pyrrole nitrogens is 1. The summed E-state index contributed by atoms with van der Waals surface area (Å²) in [7, 11) is 0. The van der Waals surface area contributed by atoms with E-state index in [1.165, 1.54) is 29.2 Å². The van der Waals surface area contributed by atoms with Gasteiger partial charge in [0.25, 0.3) is 0 Å². The molecule has 2 fully saturated rings. The zero-order chi connectivity index (χ0) is 50.1. The number of primary amides is 1. The number of likely N-dealkylation sites (tertiary alicyclic amines) is 2. The largest absolute Gasteiger partial charge is 0.481 e. The van der Waals surface area contributed by atoms with E-state index in [0.29, 0.717) is 23.4 Å². The summed E-state index contributed by atoms with van der Waals surface area (Å²) >= 11 is 1.38. The zero-order valence-corrected chi connectivity index (χ0v) is 39.1. The monoisotopic (exact) mass is 969 g/mol. The normalized spacial score (nSPS) is 18.3. The predicted octanol–water partition coefficient (Wildman–Crippen LogP) is -1.84. The number of aromatic nitrogens is 2. The SMILES string of the molecule is CSCC[C@H](NC(=O)[C@@H]1CCCN1C(=O)[C@H](CC(=O)O)NC(=O)[C@H](CC(N)=O)NC(=O)[C@@H]1CCCN1C(=O)[C@H](CC(C)C)NC(=O)[C@@H](N)Cc1cnc[nH]1)C(=O)N[C@@H](Cc1ccccc1)C(=O)O. The third-order valence-corrected chi connectivity index (χ3v) is 12.1. The van der Waals surface area contributed by atoms with Crippen LogP contribution in [0.2, 0.25) is 0 Å². The molecule has 3 heterocycles. The molecule has 0 radical (unpaired) electrons. The number of nitrogens with two attached hydrogens (primary N) is 2. The second-order valence-electron chi connectivity index (χ2n) is 17.3. The van der Waals surface area contributed by atoms with Crippen LogP contribution in [-0.4, -0.2) is 163 Å². The van der Waals surface area contributed by atoms with Gasteiger partial charge in [-0.1, -0.05) is 44.2 Å². The molecular formula is C44H63N11O12S. The number of hydrogen-bond donors (Lipinski definition) is 10. The Kier molecular flexibility index (Phi) is 20.8. The van der Waals surface area contributed by atoms with E-state index in [-0.39, 0.29) is 64.0 Å². The summed E-state index contributed by atoms with van der Waals surface area (Å²) in [5.41, 5.74) is 12.9. The number of carbonyl (C=O) groups is 10. The average Bonchev–Trinajstić information content (AvgIpc) is 4.10. The fourth-order valence-electron chi connectivity index (χ4n) is 8.12. The molecule has 372 valence electrons. The van der Waals surface area contributed by atoms with Gasteiger partial charge in [-0.3, -0.25) is 43.2 Å². The summed E-state index contributed by atoms with van der Waals surface area (Å²) in [5.74, 6) is -9.21. The van der Waals surface area contributed by atoms with E-state index < -0.39 is 120 Å². The van der Waals surface area contributed by atoms with Crippen LogP contribution >= 0.6 is 11.8 Å². The van der Waals surface area contributed by atoms with Crippen LogP contribution in [0.4, 0.5) is 0 Å². The van der Waals surface area contributed by atoms with Crippen molar-refractivity contribution in [2.24, 2.45) is 17.4 Å². The highest BCUT2D eigenvalue weighted by molar-refractivity contribution is 7.98. The van der Waals surface area contributed by atoms with Gasteiger partial charge in [-0.25, -0.2) is 9.78 Å². The molecule has 8 atom stereocenters. The van der Waals surface area contributed by atoms with Crippen molar-refractivity contribution in [1.82, 2.24) is 46.4 Å². The third kappa shape index (κ3) is 16.1. The second kappa shape index (κ2) is 26.1. The Hall–Kier alpha value is -6.56. The second-order valence-corrected chi connectivity index (χ2v) is 18.3. The van der Waals surface area contributed by atoms with Crippen LogP contribution in [0.5, 0.6) is 0 Å². The number of carbonyl (C=O) groups excluding carboxylic acids is 8. The van der Waals surface area contributed by atoms with Crippen LogP contribution in [0.25, 0.3) is 0 Å². The Labute approximate surface area is 397 Å². The molecule has 68 heavy (non-hydrogen) atoms. The fourth-order valence-corrected chi connectivity index (χ4v) is 8.60. The van der Waals surface area contributed by atoms with Crippen LogP contribution in [0.1, 0.15) is 76.5 Å². The van der Waals surface area contributed by atoms with Gasteiger partial charge in [-0.15, -0.1) is 0 Å². The fraction of sp³-hybridized carbons (Fsp3) is 0.568. The molecule has 2 aliphatic rings. The summed E-state index contributed by atoms with van der Waals surface area (Å²) in [6.07, 6.45) is 4.28. The van der Waals surface area contributed by atoms with E-state index in [9.17, 15) is 58.2 Å². The van der Waals surface area contributed by atoms with Crippen LogP contribution in [0.15, 0.2) is 42.9 Å². The van der Waals surface area contributed by atoms with Crippen molar-refractivity contribution < 1.29 is 58.2 Å². The standard InChI is InChI=1S/C44H63N11O12S/c1-24(2)17-30(51-37(59)27(45)19-26-22-47-23-48-26)42(64)54-14-8-12-34(54)41(63)50-29(20-35(46)56)39(61)52-31(21-36(57)58)43(65)55-15-7-11-33(55)40(62)49-28(13-16-68-3)38(60)53-32(44(66)67)18-25-9-5-4-6-10-25/h4-6,9-10,22-24,27-34H,7-8,11-21,45H2,1-3H3,(H2,46,56)(H,47,48)(H,49,62)(H,50,63)(H,51,59)(H,52,61)(H,53,60)(H,57,58)(H,66,67)/t27-,28-,29-,30-,31-,32-,33-,34-/m0/s1. The smallest absolute Gasteiger partial charge is 0.326 e. The quantitative estimate of drug-likeness (QED) is 0.0496. The van der Waals surface area contributed by atoms with Crippen LogP contribution in [-0.2, 0) is 60.8 Å². The van der Waals surface area contributed by atoms with Gasteiger partial charge in [0.05, 0.1) is 25.2 Å². The third-order valence-electron chi connectivity index (χ3n) is 11.5. The van der Waals surface area contributed by atoms with E-state index in [4.69, 9.17) is 11.5 Å². The number of nitrogens with zero attached hydrogens (tertiary/aromatic N) is 3. The van der Waals surface area contributed by atoms with E-state index in [1.807, 2.05) is 13.8 Å². The summed E-state index contributed by atoms with van der Waals surface area (Å²) in [6.45, 7) is 3.77. The molecule has 0 saturated carbocycles. The predicted molar refractivity (Wildman–Crippen MR) is 246 cm³/mol. The number of benzene rings is 1. The Bertz CT molecular complexity index is 2110. The molecule has 24 heteroatoms. The molecule has 1 aromatic carbocycles. The van der Waals surface area contributed by atoms with Gasteiger partial charge in [0.1, 0.15) is 42.3 Å². The minimum absolute atomic E-state index is 0.0280. The van der Waals surface area contributed by atoms with Gasteiger partial charge in [0, 0.05) is 37.8 Å². The van der Waals surface area contributed by atoms with Crippen molar-refractivity contribution in [3.8, 4) is 0 Å². The molecule has 0 spiro atoms. The minimum atomic E-state index is -1.81. The van der Waals surface area contributed by atoms with Gasteiger partial charge in [-0.05, 0) is 62.0 Å². The average molecular weight is 970 g/mol. The lowest BCUT2D eigenvalue weighted by Gasteiger charge is -2.31. The van der Waals surface area contributed by atoms with E-state index in [0.717, 1.165) is 4.90 Å².